The number of hydrogen-bond acceptors (Lipinski definition) is 1. The van der Waals surface area contributed by atoms with Gasteiger partial charge in [-0.1, -0.05) is 18.2 Å². The minimum Gasteiger partial charge on any atom is -0.309 e. The largest absolute Gasteiger partial charge is 0.416 e. The third kappa shape index (κ3) is 3.74. The monoisotopic (exact) mass is 409 g/mol. The van der Waals surface area contributed by atoms with Gasteiger partial charge in [0.05, 0.1) is 11.6 Å². The molecule has 112 valence electrons. The number of rotatable bonds is 3. The lowest BCUT2D eigenvalue weighted by atomic mass is 9.97. The van der Waals surface area contributed by atoms with Crippen LogP contribution in [0.1, 0.15) is 22.7 Å². The summed E-state index contributed by atoms with van der Waals surface area (Å²) in [6.07, 6.45) is -4.38. The van der Waals surface area contributed by atoms with Gasteiger partial charge in [0.15, 0.2) is 0 Å². The molecule has 0 saturated heterocycles. The van der Waals surface area contributed by atoms with Crippen molar-refractivity contribution in [2.24, 2.45) is 0 Å². The van der Waals surface area contributed by atoms with Gasteiger partial charge in [0.25, 0.3) is 0 Å². The molecule has 1 atom stereocenters. The minimum atomic E-state index is -4.38. The Morgan fingerprint density at radius 1 is 1.10 bits per heavy atom. The molecule has 1 nitrogen and oxygen atoms in total. The Balaban J connectivity index is 2.47. The number of alkyl halides is 3. The summed E-state index contributed by atoms with van der Waals surface area (Å²) in [6.45, 7) is 0. The molecule has 0 aliphatic rings. The van der Waals surface area contributed by atoms with Gasteiger partial charge < -0.3 is 5.32 Å². The highest BCUT2D eigenvalue weighted by atomic mass is 127. The van der Waals surface area contributed by atoms with Crippen LogP contribution in [0.15, 0.2) is 42.5 Å². The van der Waals surface area contributed by atoms with Crippen LogP contribution < -0.4 is 5.32 Å². The van der Waals surface area contributed by atoms with Gasteiger partial charge in [-0.05, 0) is 65.0 Å². The third-order valence-electron chi connectivity index (χ3n) is 3.11. The van der Waals surface area contributed by atoms with Gasteiger partial charge in [-0.2, -0.15) is 13.2 Å². The molecule has 1 N–H and O–H groups in total. The maximum atomic E-state index is 13.2. The van der Waals surface area contributed by atoms with Crippen molar-refractivity contribution < 1.29 is 17.6 Å². The molecule has 6 heteroatoms. The first-order valence-electron chi connectivity index (χ1n) is 6.12. The van der Waals surface area contributed by atoms with E-state index in [9.17, 15) is 17.6 Å². The summed E-state index contributed by atoms with van der Waals surface area (Å²) in [7, 11) is 1.66. The molecule has 0 spiro atoms. The van der Waals surface area contributed by atoms with E-state index < -0.39 is 17.8 Å². The van der Waals surface area contributed by atoms with Crippen LogP contribution in [-0.4, -0.2) is 7.05 Å². The lowest BCUT2D eigenvalue weighted by molar-refractivity contribution is -0.137. The Labute approximate surface area is 133 Å². The number of benzene rings is 2. The van der Waals surface area contributed by atoms with Crippen molar-refractivity contribution >= 4 is 22.6 Å². The number of halogens is 5. The van der Waals surface area contributed by atoms with Crippen LogP contribution in [0, 0.1) is 9.39 Å². The predicted molar refractivity (Wildman–Crippen MR) is 81.5 cm³/mol. The van der Waals surface area contributed by atoms with E-state index in [1.54, 1.807) is 19.2 Å². The highest BCUT2D eigenvalue weighted by molar-refractivity contribution is 14.1. The average molecular weight is 409 g/mol. The van der Waals surface area contributed by atoms with E-state index >= 15 is 0 Å². The van der Waals surface area contributed by atoms with E-state index in [0.717, 1.165) is 17.7 Å². The van der Waals surface area contributed by atoms with Gasteiger partial charge in [-0.25, -0.2) is 4.39 Å². The first-order chi connectivity index (χ1) is 9.82. The van der Waals surface area contributed by atoms with Crippen molar-refractivity contribution in [2.45, 2.75) is 12.2 Å². The number of nitrogens with one attached hydrogen (secondary N) is 1. The predicted octanol–water partition coefficient (Wildman–Crippen LogP) is 4.76. The standard InChI is InChI=1S/C15H12F4IN/c1-21-14(12-6-5-11(16)8-13(12)20)9-3-2-4-10(7-9)15(17,18)19/h2-8,14,21H,1H3. The fourth-order valence-corrected chi connectivity index (χ4v) is 2.92. The second-order valence-electron chi connectivity index (χ2n) is 4.51. The summed E-state index contributed by atoms with van der Waals surface area (Å²) in [4.78, 5) is 0. The molecule has 0 fully saturated rings. The van der Waals surface area contributed by atoms with E-state index in [1.807, 2.05) is 22.6 Å². The molecule has 2 rings (SSSR count). The van der Waals surface area contributed by atoms with E-state index in [4.69, 9.17) is 0 Å². The van der Waals surface area contributed by atoms with Gasteiger partial charge in [0, 0.05) is 3.57 Å². The van der Waals surface area contributed by atoms with Crippen LogP contribution in [0.5, 0.6) is 0 Å². The lowest BCUT2D eigenvalue weighted by Gasteiger charge is -2.20. The molecule has 2 aromatic carbocycles. The summed E-state index contributed by atoms with van der Waals surface area (Å²) in [5.74, 6) is -0.373. The van der Waals surface area contributed by atoms with E-state index in [0.29, 0.717) is 9.13 Å². The summed E-state index contributed by atoms with van der Waals surface area (Å²) in [5.41, 5.74) is 0.521. The van der Waals surface area contributed by atoms with Gasteiger partial charge in [0.2, 0.25) is 0 Å². The first kappa shape index (κ1) is 16.2. The van der Waals surface area contributed by atoms with Gasteiger partial charge >= 0.3 is 6.18 Å². The van der Waals surface area contributed by atoms with E-state index in [-0.39, 0.29) is 5.82 Å². The Morgan fingerprint density at radius 3 is 2.38 bits per heavy atom. The number of hydrogen-bond donors (Lipinski definition) is 1. The van der Waals surface area contributed by atoms with Crippen molar-refractivity contribution in [1.82, 2.24) is 5.32 Å². The molecule has 2 aromatic rings. The molecular formula is C15H12F4IN. The van der Waals surface area contributed by atoms with E-state index in [1.165, 1.54) is 18.2 Å². The minimum absolute atomic E-state index is 0.373. The van der Waals surface area contributed by atoms with Crippen molar-refractivity contribution in [3.8, 4) is 0 Å². The Morgan fingerprint density at radius 2 is 1.81 bits per heavy atom. The SMILES string of the molecule is CNC(c1cccc(C(F)(F)F)c1)c1ccc(F)cc1I. The Hall–Kier alpha value is -1.15. The van der Waals surface area contributed by atoms with Crippen molar-refractivity contribution in [2.75, 3.05) is 7.05 Å². The summed E-state index contributed by atoms with van der Waals surface area (Å²) < 4.78 is 52.2. The molecule has 0 bridgehead atoms. The smallest absolute Gasteiger partial charge is 0.309 e. The lowest BCUT2D eigenvalue weighted by Crippen LogP contribution is -2.19. The molecule has 0 saturated carbocycles. The van der Waals surface area contributed by atoms with Crippen LogP contribution in [0.2, 0.25) is 0 Å². The van der Waals surface area contributed by atoms with Crippen LogP contribution in [-0.2, 0) is 6.18 Å². The zero-order valence-corrected chi connectivity index (χ0v) is 13.2. The van der Waals surface area contributed by atoms with Crippen LogP contribution in [0.4, 0.5) is 17.6 Å². The second kappa shape index (κ2) is 6.31. The molecule has 1 unspecified atom stereocenters. The quantitative estimate of drug-likeness (QED) is 0.570. The normalized spacial score (nSPS) is 13.2. The van der Waals surface area contributed by atoms with Crippen molar-refractivity contribution in [3.63, 3.8) is 0 Å². The second-order valence-corrected chi connectivity index (χ2v) is 5.67. The fourth-order valence-electron chi connectivity index (χ4n) is 2.13. The Bertz CT molecular complexity index is 640. The maximum Gasteiger partial charge on any atom is 0.416 e. The molecule has 0 aliphatic heterocycles. The highest BCUT2D eigenvalue weighted by Crippen LogP contribution is 2.33. The van der Waals surface area contributed by atoms with Crippen molar-refractivity contribution in [1.29, 1.82) is 0 Å². The summed E-state index contributed by atoms with van der Waals surface area (Å²) in [5, 5.41) is 2.98. The van der Waals surface area contributed by atoms with Gasteiger partial charge in [-0.15, -0.1) is 0 Å². The molecular weight excluding hydrogens is 397 g/mol. The summed E-state index contributed by atoms with van der Waals surface area (Å²) >= 11 is 1.97. The van der Waals surface area contributed by atoms with Gasteiger partial charge in [0.1, 0.15) is 5.82 Å². The molecule has 0 amide bonds. The molecule has 0 aliphatic carbocycles. The fraction of sp³-hybridized carbons (Fsp3) is 0.200. The average Bonchev–Trinajstić information content (AvgIpc) is 2.41. The van der Waals surface area contributed by atoms with Gasteiger partial charge in [-0.3, -0.25) is 0 Å². The summed E-state index contributed by atoms with van der Waals surface area (Å²) in [6, 6.07) is 8.95. The molecule has 0 aromatic heterocycles. The van der Waals surface area contributed by atoms with Crippen LogP contribution >= 0.6 is 22.6 Å². The highest BCUT2D eigenvalue weighted by Gasteiger charge is 2.31. The van der Waals surface area contributed by atoms with E-state index in [2.05, 4.69) is 5.32 Å². The zero-order valence-electron chi connectivity index (χ0n) is 11.0. The van der Waals surface area contributed by atoms with Crippen LogP contribution in [0.25, 0.3) is 0 Å². The topological polar surface area (TPSA) is 12.0 Å². The first-order valence-corrected chi connectivity index (χ1v) is 7.20. The van der Waals surface area contributed by atoms with Crippen LogP contribution in [0.3, 0.4) is 0 Å². The maximum absolute atomic E-state index is 13.2. The Kier molecular flexibility index (Phi) is 4.88. The molecule has 0 heterocycles. The van der Waals surface area contributed by atoms with Crippen molar-refractivity contribution in [3.05, 3.63) is 68.5 Å². The molecule has 21 heavy (non-hydrogen) atoms. The zero-order chi connectivity index (χ0) is 15.6. The third-order valence-corrected chi connectivity index (χ3v) is 4.04. The molecule has 0 radical (unpaired) electrons.